The molecule has 1 aliphatic heterocycles. The van der Waals surface area contributed by atoms with E-state index < -0.39 is 0 Å². The van der Waals surface area contributed by atoms with Crippen molar-refractivity contribution in [3.63, 3.8) is 0 Å². The lowest BCUT2D eigenvalue weighted by Crippen LogP contribution is -2.40. The largest absolute Gasteiger partial charge is 0.497 e. The van der Waals surface area contributed by atoms with E-state index in [1.54, 1.807) is 20.4 Å². The number of benzene rings is 1. The normalized spacial score (nSPS) is 16.6. The Kier molecular flexibility index (Phi) is 8.63. The average molecular weight is 481 g/mol. The minimum atomic E-state index is 0. The maximum Gasteiger partial charge on any atom is 0.191 e. The smallest absolute Gasteiger partial charge is 0.191 e. The summed E-state index contributed by atoms with van der Waals surface area (Å²) in [6, 6.07) is 14.2. The van der Waals surface area contributed by atoms with Gasteiger partial charge in [-0.15, -0.1) is 24.0 Å². The summed E-state index contributed by atoms with van der Waals surface area (Å²) >= 11 is 0. The Balaban J connectivity index is 0.00000261. The van der Waals surface area contributed by atoms with Crippen LogP contribution in [0.4, 0.5) is 5.69 Å². The van der Waals surface area contributed by atoms with Gasteiger partial charge in [-0.3, -0.25) is 9.98 Å². The van der Waals surface area contributed by atoms with E-state index in [1.165, 1.54) is 12.1 Å². The zero-order valence-electron chi connectivity index (χ0n) is 15.9. The third-order valence-corrected chi connectivity index (χ3v) is 4.65. The van der Waals surface area contributed by atoms with E-state index in [-0.39, 0.29) is 24.0 Å². The molecule has 0 spiro atoms. The first kappa shape index (κ1) is 21.3. The van der Waals surface area contributed by atoms with Gasteiger partial charge in [-0.1, -0.05) is 12.1 Å². The molecule has 2 aromatic rings. The number of guanidine groups is 1. The molecule has 2 heterocycles. The van der Waals surface area contributed by atoms with Crippen molar-refractivity contribution in [1.82, 2.24) is 15.6 Å². The van der Waals surface area contributed by atoms with E-state index >= 15 is 0 Å². The molecule has 3 rings (SSSR count). The molecule has 0 saturated carbocycles. The summed E-state index contributed by atoms with van der Waals surface area (Å²) in [5.41, 5.74) is 2.23. The Morgan fingerprint density at radius 2 is 2.15 bits per heavy atom. The second-order valence-electron chi connectivity index (χ2n) is 6.43. The number of rotatable bonds is 6. The Hall–Kier alpha value is -2.03. The lowest BCUT2D eigenvalue weighted by Gasteiger charge is -2.20. The van der Waals surface area contributed by atoms with Gasteiger partial charge in [0.05, 0.1) is 19.3 Å². The van der Waals surface area contributed by atoms with Crippen molar-refractivity contribution in [2.75, 3.05) is 38.7 Å². The van der Waals surface area contributed by atoms with E-state index in [1.807, 2.05) is 30.3 Å². The molecular formula is C20H28IN5O. The minimum absolute atomic E-state index is 0. The molecule has 27 heavy (non-hydrogen) atoms. The molecule has 1 unspecified atom stereocenters. The van der Waals surface area contributed by atoms with Crippen LogP contribution in [0.2, 0.25) is 0 Å². The van der Waals surface area contributed by atoms with E-state index in [0.29, 0.717) is 12.5 Å². The molecule has 6 nitrogen and oxygen atoms in total. The first-order chi connectivity index (χ1) is 12.8. The van der Waals surface area contributed by atoms with Crippen LogP contribution in [-0.2, 0) is 6.54 Å². The zero-order chi connectivity index (χ0) is 18.2. The first-order valence-corrected chi connectivity index (χ1v) is 9.02. The van der Waals surface area contributed by atoms with E-state index in [0.717, 1.165) is 37.0 Å². The summed E-state index contributed by atoms with van der Waals surface area (Å²) < 4.78 is 5.33. The molecule has 1 aliphatic rings. The number of methoxy groups -OCH3 is 1. The number of nitrogens with zero attached hydrogens (tertiary/aromatic N) is 3. The second-order valence-corrected chi connectivity index (χ2v) is 6.43. The van der Waals surface area contributed by atoms with Crippen LogP contribution in [-0.4, -0.2) is 44.7 Å². The molecule has 1 aromatic heterocycles. The molecule has 2 N–H and O–H groups in total. The van der Waals surface area contributed by atoms with Gasteiger partial charge in [0.2, 0.25) is 0 Å². The van der Waals surface area contributed by atoms with Crippen LogP contribution in [0, 0.1) is 5.92 Å². The Bertz CT molecular complexity index is 725. The Morgan fingerprint density at radius 3 is 2.89 bits per heavy atom. The average Bonchev–Trinajstić information content (AvgIpc) is 3.18. The Labute approximate surface area is 178 Å². The number of nitrogens with one attached hydrogen (secondary N) is 2. The summed E-state index contributed by atoms with van der Waals surface area (Å²) in [5, 5.41) is 6.75. The van der Waals surface area contributed by atoms with Gasteiger partial charge in [-0.05, 0) is 36.6 Å². The third-order valence-electron chi connectivity index (χ3n) is 4.65. The minimum Gasteiger partial charge on any atom is -0.497 e. The van der Waals surface area contributed by atoms with Crippen LogP contribution < -0.4 is 20.3 Å². The molecule has 0 aliphatic carbocycles. The molecule has 1 aromatic carbocycles. The molecular weight excluding hydrogens is 453 g/mol. The summed E-state index contributed by atoms with van der Waals surface area (Å²) in [5.74, 6) is 2.31. The van der Waals surface area contributed by atoms with Crippen molar-refractivity contribution in [1.29, 1.82) is 0 Å². The highest BCUT2D eigenvalue weighted by atomic mass is 127. The first-order valence-electron chi connectivity index (χ1n) is 9.02. The molecule has 0 bridgehead atoms. The maximum absolute atomic E-state index is 5.33. The lowest BCUT2D eigenvalue weighted by atomic mass is 10.1. The van der Waals surface area contributed by atoms with Crippen molar-refractivity contribution in [2.45, 2.75) is 13.0 Å². The molecule has 146 valence electrons. The molecule has 7 heteroatoms. The van der Waals surface area contributed by atoms with Crippen molar-refractivity contribution in [2.24, 2.45) is 10.9 Å². The SMILES string of the molecule is CN=C(NCc1ccccn1)NCC1CCN(c2cccc(OC)c2)C1.I. The summed E-state index contributed by atoms with van der Waals surface area (Å²) in [6.07, 6.45) is 2.97. The number of ether oxygens (including phenoxy) is 1. The van der Waals surface area contributed by atoms with Gasteiger partial charge in [-0.25, -0.2) is 0 Å². The van der Waals surface area contributed by atoms with Gasteiger partial charge >= 0.3 is 0 Å². The second kappa shape index (κ2) is 11.0. The fourth-order valence-electron chi connectivity index (χ4n) is 3.18. The van der Waals surface area contributed by atoms with Crippen molar-refractivity contribution in [3.05, 3.63) is 54.4 Å². The number of halogens is 1. The number of aliphatic imine (C=N–C) groups is 1. The van der Waals surface area contributed by atoms with Crippen LogP contribution in [0.1, 0.15) is 12.1 Å². The molecule has 1 fully saturated rings. The van der Waals surface area contributed by atoms with Crippen LogP contribution in [0.15, 0.2) is 53.7 Å². The fourth-order valence-corrected chi connectivity index (χ4v) is 3.18. The highest BCUT2D eigenvalue weighted by Crippen LogP contribution is 2.26. The van der Waals surface area contributed by atoms with E-state index in [4.69, 9.17) is 4.74 Å². The Morgan fingerprint density at radius 1 is 1.26 bits per heavy atom. The summed E-state index contributed by atoms with van der Waals surface area (Å²) in [6.45, 7) is 3.68. The number of pyridine rings is 1. The van der Waals surface area contributed by atoms with Crippen molar-refractivity contribution >= 4 is 35.6 Å². The molecule has 1 atom stereocenters. The lowest BCUT2D eigenvalue weighted by molar-refractivity contribution is 0.415. The summed E-state index contributed by atoms with van der Waals surface area (Å²) in [4.78, 5) is 11.0. The van der Waals surface area contributed by atoms with Crippen LogP contribution in [0.5, 0.6) is 5.75 Å². The number of aromatic nitrogens is 1. The standard InChI is InChI=1S/C20H27N5O.HI/c1-21-20(24-14-17-6-3-4-10-22-17)23-13-16-9-11-25(15-16)18-7-5-8-19(12-18)26-2;/h3-8,10,12,16H,9,11,13-15H2,1-2H3,(H2,21,23,24);1H. The monoisotopic (exact) mass is 481 g/mol. The van der Waals surface area contributed by atoms with Gasteiger partial charge in [0, 0.05) is 44.6 Å². The van der Waals surface area contributed by atoms with Crippen LogP contribution >= 0.6 is 24.0 Å². The highest BCUT2D eigenvalue weighted by Gasteiger charge is 2.23. The zero-order valence-corrected chi connectivity index (χ0v) is 18.2. The number of hydrogen-bond acceptors (Lipinski definition) is 4. The maximum atomic E-state index is 5.33. The van der Waals surface area contributed by atoms with Gasteiger partial charge in [0.1, 0.15) is 5.75 Å². The predicted molar refractivity (Wildman–Crippen MR) is 121 cm³/mol. The fraction of sp³-hybridized carbons (Fsp3) is 0.400. The highest BCUT2D eigenvalue weighted by molar-refractivity contribution is 14.0. The topological polar surface area (TPSA) is 61.8 Å². The van der Waals surface area contributed by atoms with Gasteiger partial charge in [0.25, 0.3) is 0 Å². The third kappa shape index (κ3) is 6.27. The van der Waals surface area contributed by atoms with Crippen LogP contribution in [0.25, 0.3) is 0 Å². The number of hydrogen-bond donors (Lipinski definition) is 2. The van der Waals surface area contributed by atoms with Gasteiger partial charge < -0.3 is 20.3 Å². The van der Waals surface area contributed by atoms with Crippen LogP contribution in [0.3, 0.4) is 0 Å². The van der Waals surface area contributed by atoms with Crippen molar-refractivity contribution in [3.8, 4) is 5.75 Å². The van der Waals surface area contributed by atoms with Gasteiger partial charge in [-0.2, -0.15) is 0 Å². The van der Waals surface area contributed by atoms with E-state index in [2.05, 4.69) is 37.6 Å². The van der Waals surface area contributed by atoms with Gasteiger partial charge in [0.15, 0.2) is 5.96 Å². The molecule has 0 amide bonds. The quantitative estimate of drug-likeness (QED) is 0.378. The molecule has 1 saturated heterocycles. The van der Waals surface area contributed by atoms with E-state index in [9.17, 15) is 0 Å². The predicted octanol–water partition coefficient (Wildman–Crippen LogP) is 2.90. The number of anilines is 1. The summed E-state index contributed by atoms with van der Waals surface area (Å²) in [7, 11) is 3.50. The molecule has 0 radical (unpaired) electrons. The van der Waals surface area contributed by atoms with Crippen molar-refractivity contribution < 1.29 is 4.74 Å².